The molecule has 4 unspecified atom stereocenters. The van der Waals surface area contributed by atoms with Gasteiger partial charge in [-0.1, -0.05) is 32.1 Å². The second kappa shape index (κ2) is 6.45. The Hall–Kier alpha value is -0.280. The minimum absolute atomic E-state index is 0. The average Bonchev–Trinajstić information content (AvgIpc) is 3.20. The minimum atomic E-state index is 0. The van der Waals surface area contributed by atoms with Crippen LogP contribution >= 0.6 is 12.4 Å². The van der Waals surface area contributed by atoms with Gasteiger partial charge in [-0.2, -0.15) is 0 Å². The molecule has 120 valence electrons. The van der Waals surface area contributed by atoms with Crippen LogP contribution in [0.5, 0.6) is 0 Å². The number of amides is 1. The molecule has 21 heavy (non-hydrogen) atoms. The van der Waals surface area contributed by atoms with Crippen molar-refractivity contribution in [2.75, 3.05) is 0 Å². The smallest absolute Gasteiger partial charge is 0.223 e. The lowest BCUT2D eigenvalue weighted by molar-refractivity contribution is -0.123. The topological polar surface area (TPSA) is 41.1 Å². The van der Waals surface area contributed by atoms with E-state index in [1.165, 1.54) is 51.4 Å². The number of halogens is 1. The van der Waals surface area contributed by atoms with Gasteiger partial charge in [0, 0.05) is 24.0 Å². The van der Waals surface area contributed by atoms with Crippen LogP contribution in [0.1, 0.15) is 64.2 Å². The summed E-state index contributed by atoms with van der Waals surface area (Å²) in [6.07, 6.45) is 13.1. The Labute approximate surface area is 134 Å². The maximum absolute atomic E-state index is 12.4. The van der Waals surface area contributed by atoms with Crippen LogP contribution in [-0.4, -0.2) is 24.0 Å². The predicted octanol–water partition coefficient (Wildman–Crippen LogP) is 3.02. The molecule has 2 aliphatic heterocycles. The molecule has 4 rings (SSSR count). The first-order valence-electron chi connectivity index (χ1n) is 8.86. The molecule has 0 spiro atoms. The molecule has 4 fully saturated rings. The summed E-state index contributed by atoms with van der Waals surface area (Å²) < 4.78 is 0. The number of rotatable bonds is 3. The molecule has 1 amide bonds. The number of fused-ring (bicyclic) bond motifs is 2. The number of carbonyl (C=O) groups is 1. The summed E-state index contributed by atoms with van der Waals surface area (Å²) in [6, 6.07) is 1.80. The van der Waals surface area contributed by atoms with Crippen LogP contribution in [0, 0.1) is 17.8 Å². The van der Waals surface area contributed by atoms with Crippen LogP contribution in [-0.2, 0) is 4.79 Å². The summed E-state index contributed by atoms with van der Waals surface area (Å²) in [5.41, 5.74) is 0. The highest BCUT2D eigenvalue weighted by Gasteiger charge is 2.48. The van der Waals surface area contributed by atoms with Crippen LogP contribution in [0.4, 0.5) is 0 Å². The van der Waals surface area contributed by atoms with Gasteiger partial charge >= 0.3 is 0 Å². The minimum Gasteiger partial charge on any atom is -0.353 e. The fraction of sp³-hybridized carbons (Fsp3) is 0.941. The zero-order valence-electron chi connectivity index (χ0n) is 12.9. The summed E-state index contributed by atoms with van der Waals surface area (Å²) >= 11 is 0. The van der Waals surface area contributed by atoms with Crippen molar-refractivity contribution in [3.05, 3.63) is 0 Å². The molecule has 2 saturated heterocycles. The van der Waals surface area contributed by atoms with Gasteiger partial charge in [-0.05, 0) is 43.9 Å². The van der Waals surface area contributed by atoms with Crippen LogP contribution < -0.4 is 10.6 Å². The van der Waals surface area contributed by atoms with Crippen molar-refractivity contribution >= 4 is 18.3 Å². The van der Waals surface area contributed by atoms with Gasteiger partial charge in [0.15, 0.2) is 0 Å². The summed E-state index contributed by atoms with van der Waals surface area (Å²) in [7, 11) is 0. The van der Waals surface area contributed by atoms with Crippen LogP contribution in [0.25, 0.3) is 0 Å². The molecule has 4 atom stereocenters. The van der Waals surface area contributed by atoms with Crippen LogP contribution in [0.2, 0.25) is 0 Å². The third-order valence-corrected chi connectivity index (χ3v) is 6.25. The van der Waals surface area contributed by atoms with Gasteiger partial charge in [-0.15, -0.1) is 12.4 Å². The second-order valence-corrected chi connectivity index (χ2v) is 7.72. The zero-order valence-corrected chi connectivity index (χ0v) is 13.7. The summed E-state index contributed by atoms with van der Waals surface area (Å²) in [5.74, 6) is 2.34. The third kappa shape index (κ3) is 3.39. The van der Waals surface area contributed by atoms with Gasteiger partial charge in [-0.25, -0.2) is 0 Å². The van der Waals surface area contributed by atoms with Gasteiger partial charge in [0.05, 0.1) is 0 Å². The van der Waals surface area contributed by atoms with Crippen LogP contribution in [0.3, 0.4) is 0 Å². The lowest BCUT2D eigenvalue weighted by Gasteiger charge is -2.30. The SMILES string of the molecule is Cl.O=C(NC1CC2CCC(C1)N2)C1CC1C1CCCCC1. The monoisotopic (exact) mass is 312 g/mol. The Morgan fingerprint density at radius 3 is 2.24 bits per heavy atom. The molecule has 4 aliphatic rings. The highest BCUT2D eigenvalue weighted by molar-refractivity contribution is 5.85. The lowest BCUT2D eigenvalue weighted by atomic mass is 9.85. The summed E-state index contributed by atoms with van der Waals surface area (Å²) in [5, 5.41) is 7.02. The first-order chi connectivity index (χ1) is 9.79. The van der Waals surface area contributed by atoms with Crippen molar-refractivity contribution in [1.82, 2.24) is 10.6 Å². The number of hydrogen-bond donors (Lipinski definition) is 2. The molecular formula is C17H29ClN2O. The zero-order chi connectivity index (χ0) is 13.5. The Kier molecular flexibility index (Phi) is 4.80. The molecule has 2 aliphatic carbocycles. The largest absolute Gasteiger partial charge is 0.353 e. The molecule has 0 aromatic heterocycles. The fourth-order valence-corrected chi connectivity index (χ4v) is 5.08. The van der Waals surface area contributed by atoms with Crippen molar-refractivity contribution < 1.29 is 4.79 Å². The third-order valence-electron chi connectivity index (χ3n) is 6.25. The molecule has 3 nitrogen and oxygen atoms in total. The molecule has 0 radical (unpaired) electrons. The van der Waals surface area contributed by atoms with E-state index in [4.69, 9.17) is 0 Å². The fourth-order valence-electron chi connectivity index (χ4n) is 5.08. The van der Waals surface area contributed by atoms with E-state index in [1.807, 2.05) is 0 Å². The molecule has 4 heteroatoms. The highest BCUT2D eigenvalue weighted by Crippen LogP contribution is 2.49. The van der Waals surface area contributed by atoms with E-state index in [9.17, 15) is 4.79 Å². The van der Waals surface area contributed by atoms with E-state index in [2.05, 4.69) is 10.6 Å². The quantitative estimate of drug-likeness (QED) is 0.841. The van der Waals surface area contributed by atoms with Gasteiger partial charge in [0.1, 0.15) is 0 Å². The Balaban J connectivity index is 0.00000132. The normalized spacial score (nSPS) is 42.2. The number of hydrogen-bond acceptors (Lipinski definition) is 2. The number of carbonyl (C=O) groups excluding carboxylic acids is 1. The van der Waals surface area contributed by atoms with E-state index in [1.54, 1.807) is 0 Å². The Morgan fingerprint density at radius 1 is 0.905 bits per heavy atom. The van der Waals surface area contributed by atoms with E-state index in [0.717, 1.165) is 24.7 Å². The maximum atomic E-state index is 12.4. The molecule has 0 aromatic carbocycles. The second-order valence-electron chi connectivity index (χ2n) is 7.72. The van der Waals surface area contributed by atoms with Gasteiger partial charge in [-0.3, -0.25) is 4.79 Å². The molecular weight excluding hydrogens is 284 g/mol. The van der Waals surface area contributed by atoms with Gasteiger partial charge < -0.3 is 10.6 Å². The first-order valence-corrected chi connectivity index (χ1v) is 8.86. The van der Waals surface area contributed by atoms with Crippen molar-refractivity contribution in [3.8, 4) is 0 Å². The Bertz CT molecular complexity index is 371. The average molecular weight is 313 g/mol. The van der Waals surface area contributed by atoms with Gasteiger partial charge in [0.25, 0.3) is 0 Å². The van der Waals surface area contributed by atoms with E-state index in [0.29, 0.717) is 30.0 Å². The van der Waals surface area contributed by atoms with E-state index in [-0.39, 0.29) is 12.4 Å². The first kappa shape index (κ1) is 15.6. The summed E-state index contributed by atoms with van der Waals surface area (Å²) in [6.45, 7) is 0. The van der Waals surface area contributed by atoms with E-state index < -0.39 is 0 Å². The molecule has 2 bridgehead atoms. The van der Waals surface area contributed by atoms with Crippen LogP contribution in [0.15, 0.2) is 0 Å². The van der Waals surface area contributed by atoms with Crippen molar-refractivity contribution in [2.45, 2.75) is 82.3 Å². The molecule has 2 N–H and O–H groups in total. The Morgan fingerprint density at radius 2 is 1.57 bits per heavy atom. The van der Waals surface area contributed by atoms with Crippen molar-refractivity contribution in [1.29, 1.82) is 0 Å². The number of nitrogens with one attached hydrogen (secondary N) is 2. The highest BCUT2D eigenvalue weighted by atomic mass is 35.5. The molecule has 2 saturated carbocycles. The maximum Gasteiger partial charge on any atom is 0.223 e. The molecule has 2 heterocycles. The predicted molar refractivity (Wildman–Crippen MR) is 86.5 cm³/mol. The van der Waals surface area contributed by atoms with Crippen molar-refractivity contribution in [2.24, 2.45) is 17.8 Å². The molecule has 0 aromatic rings. The van der Waals surface area contributed by atoms with Crippen molar-refractivity contribution in [3.63, 3.8) is 0 Å². The van der Waals surface area contributed by atoms with Gasteiger partial charge in [0.2, 0.25) is 5.91 Å². The number of piperidine rings is 1. The van der Waals surface area contributed by atoms with E-state index >= 15 is 0 Å². The lowest BCUT2D eigenvalue weighted by Crippen LogP contribution is -2.48. The summed E-state index contributed by atoms with van der Waals surface area (Å²) in [4.78, 5) is 12.4. The standard InChI is InChI=1S/C17H28N2O.ClH/c20-17(16-10-15(16)11-4-2-1-3-5-11)19-14-8-12-6-7-13(9-14)18-12;/h11-16,18H,1-10H2,(H,19,20);1H.